The highest BCUT2D eigenvalue weighted by atomic mass is 19.1. The molecule has 2 aliphatic rings. The summed E-state index contributed by atoms with van der Waals surface area (Å²) in [7, 11) is 2.15. The predicted molar refractivity (Wildman–Crippen MR) is 142 cm³/mol. The molecule has 2 aromatic carbocycles. The Hall–Kier alpha value is -3.72. The van der Waals surface area contributed by atoms with Crippen LogP contribution in [0.15, 0.2) is 48.7 Å². The number of carbonyl (C=O) groups excluding carboxylic acids is 1. The van der Waals surface area contributed by atoms with Crippen LogP contribution in [0.5, 0.6) is 0 Å². The molecule has 1 saturated heterocycles. The van der Waals surface area contributed by atoms with E-state index in [0.717, 1.165) is 51.1 Å². The third-order valence-electron chi connectivity index (χ3n) is 6.93. The van der Waals surface area contributed by atoms with Crippen LogP contribution in [0.4, 0.5) is 33.2 Å². The molecule has 2 heterocycles. The summed E-state index contributed by atoms with van der Waals surface area (Å²) in [6.45, 7) is 5.89. The third-order valence-corrected chi connectivity index (χ3v) is 6.93. The zero-order chi connectivity index (χ0) is 25.1. The second-order valence-corrected chi connectivity index (χ2v) is 9.58. The fraction of sp³-hybridized carbons (Fsp3) is 0.370. The first kappa shape index (κ1) is 24.0. The van der Waals surface area contributed by atoms with Crippen molar-refractivity contribution in [1.29, 1.82) is 0 Å². The van der Waals surface area contributed by atoms with Gasteiger partial charge in [0, 0.05) is 49.8 Å². The standard InChI is InChI=1S/C27H32FN7O/c1-18-5-3-8-23(28)24(18)32-26(36)22-17-29-27(33-25(22)30-19-6-4-7-19)31-20-9-11-21(12-10-20)35-15-13-34(2)14-16-35/h3,5,8-12,17,19H,4,6-7,13-16H2,1-2H3,(H,32,36)(H2,29,30,31,33). The van der Waals surface area contributed by atoms with Crippen molar-refractivity contribution in [2.24, 2.45) is 0 Å². The molecule has 0 unspecified atom stereocenters. The lowest BCUT2D eigenvalue weighted by atomic mass is 9.93. The molecule has 0 atom stereocenters. The Kier molecular flexibility index (Phi) is 6.99. The Balaban J connectivity index is 1.33. The number of nitrogens with zero attached hydrogens (tertiary/aromatic N) is 4. The summed E-state index contributed by atoms with van der Waals surface area (Å²) in [5, 5.41) is 9.30. The summed E-state index contributed by atoms with van der Waals surface area (Å²) < 4.78 is 14.3. The number of aromatic nitrogens is 2. The van der Waals surface area contributed by atoms with E-state index >= 15 is 0 Å². The topological polar surface area (TPSA) is 85.4 Å². The number of carbonyl (C=O) groups is 1. The van der Waals surface area contributed by atoms with E-state index in [1.807, 2.05) is 12.1 Å². The Labute approximate surface area is 210 Å². The predicted octanol–water partition coefficient (Wildman–Crippen LogP) is 4.64. The van der Waals surface area contributed by atoms with Crippen molar-refractivity contribution >= 4 is 34.7 Å². The normalized spacial score (nSPS) is 16.4. The van der Waals surface area contributed by atoms with Crippen molar-refractivity contribution < 1.29 is 9.18 Å². The van der Waals surface area contributed by atoms with E-state index in [1.165, 1.54) is 18.0 Å². The smallest absolute Gasteiger partial charge is 0.261 e. The molecule has 0 bridgehead atoms. The number of halogens is 1. The molecule has 5 rings (SSSR count). The fourth-order valence-electron chi connectivity index (χ4n) is 4.38. The summed E-state index contributed by atoms with van der Waals surface area (Å²) >= 11 is 0. The largest absolute Gasteiger partial charge is 0.369 e. The Bertz CT molecular complexity index is 1200. The van der Waals surface area contributed by atoms with Crippen LogP contribution in [0.1, 0.15) is 35.2 Å². The van der Waals surface area contributed by atoms with Gasteiger partial charge >= 0.3 is 0 Å². The first-order chi connectivity index (χ1) is 17.5. The molecule has 0 radical (unpaired) electrons. The Morgan fingerprint density at radius 1 is 1.06 bits per heavy atom. The molecule has 2 fully saturated rings. The number of rotatable bonds is 7. The quantitative estimate of drug-likeness (QED) is 0.446. The van der Waals surface area contributed by atoms with Crippen LogP contribution in [-0.4, -0.2) is 60.0 Å². The third kappa shape index (κ3) is 5.41. The van der Waals surface area contributed by atoms with Crippen LogP contribution in [0.3, 0.4) is 0 Å². The van der Waals surface area contributed by atoms with Crippen LogP contribution < -0.4 is 20.9 Å². The number of amides is 1. The van der Waals surface area contributed by atoms with Gasteiger partial charge in [0.15, 0.2) is 0 Å². The average molecular weight is 490 g/mol. The summed E-state index contributed by atoms with van der Waals surface area (Å²) in [6.07, 6.45) is 4.67. The Morgan fingerprint density at radius 3 is 2.47 bits per heavy atom. The van der Waals surface area contributed by atoms with E-state index in [1.54, 1.807) is 19.1 Å². The van der Waals surface area contributed by atoms with E-state index in [2.05, 4.69) is 54.9 Å². The van der Waals surface area contributed by atoms with Crippen LogP contribution in [0.25, 0.3) is 0 Å². The van der Waals surface area contributed by atoms with Crippen molar-refractivity contribution in [1.82, 2.24) is 14.9 Å². The van der Waals surface area contributed by atoms with Gasteiger partial charge in [0.2, 0.25) is 5.95 Å². The molecule has 1 amide bonds. The fourth-order valence-corrected chi connectivity index (χ4v) is 4.38. The number of hydrogen-bond donors (Lipinski definition) is 3. The first-order valence-corrected chi connectivity index (χ1v) is 12.5. The molecule has 0 spiro atoms. The SMILES string of the molecule is Cc1cccc(F)c1NC(=O)c1cnc(Nc2ccc(N3CCN(C)CC3)cc2)nc1NC1CCC1. The van der Waals surface area contributed by atoms with Crippen molar-refractivity contribution in [3.63, 3.8) is 0 Å². The maximum Gasteiger partial charge on any atom is 0.261 e. The van der Waals surface area contributed by atoms with Crippen molar-refractivity contribution in [3.05, 3.63) is 65.6 Å². The minimum atomic E-state index is -0.476. The molecule has 1 aliphatic heterocycles. The van der Waals surface area contributed by atoms with E-state index in [4.69, 9.17) is 0 Å². The van der Waals surface area contributed by atoms with Gasteiger partial charge in [-0.1, -0.05) is 12.1 Å². The summed E-state index contributed by atoms with van der Waals surface area (Å²) in [6, 6.07) is 13.2. The van der Waals surface area contributed by atoms with E-state index < -0.39 is 11.7 Å². The van der Waals surface area contributed by atoms with Gasteiger partial charge in [0.25, 0.3) is 5.91 Å². The van der Waals surface area contributed by atoms with Gasteiger partial charge in [0.05, 0.1) is 5.69 Å². The van der Waals surface area contributed by atoms with E-state index in [0.29, 0.717) is 17.3 Å². The number of para-hydroxylation sites is 1. The van der Waals surface area contributed by atoms with Crippen LogP contribution >= 0.6 is 0 Å². The van der Waals surface area contributed by atoms with Gasteiger partial charge in [-0.05, 0) is 69.1 Å². The Morgan fingerprint density at radius 2 is 1.81 bits per heavy atom. The second-order valence-electron chi connectivity index (χ2n) is 9.58. The minimum Gasteiger partial charge on any atom is -0.369 e. The molecular weight excluding hydrogens is 457 g/mol. The van der Waals surface area contributed by atoms with Gasteiger partial charge in [-0.25, -0.2) is 9.37 Å². The monoisotopic (exact) mass is 489 g/mol. The number of nitrogens with one attached hydrogen (secondary N) is 3. The highest BCUT2D eigenvalue weighted by Crippen LogP contribution is 2.27. The molecule has 3 aromatic rings. The molecule has 1 aliphatic carbocycles. The van der Waals surface area contributed by atoms with Gasteiger partial charge < -0.3 is 25.8 Å². The van der Waals surface area contributed by atoms with Crippen molar-refractivity contribution in [2.75, 3.05) is 54.1 Å². The zero-order valence-electron chi connectivity index (χ0n) is 20.7. The number of anilines is 5. The van der Waals surface area contributed by atoms with E-state index in [9.17, 15) is 9.18 Å². The van der Waals surface area contributed by atoms with Crippen LogP contribution in [0, 0.1) is 12.7 Å². The molecule has 1 saturated carbocycles. The molecule has 8 nitrogen and oxygen atoms in total. The summed E-state index contributed by atoms with van der Waals surface area (Å²) in [5.41, 5.74) is 3.15. The van der Waals surface area contributed by atoms with Crippen LogP contribution in [-0.2, 0) is 0 Å². The van der Waals surface area contributed by atoms with Crippen molar-refractivity contribution in [2.45, 2.75) is 32.2 Å². The average Bonchev–Trinajstić information content (AvgIpc) is 2.85. The lowest BCUT2D eigenvalue weighted by Gasteiger charge is -2.34. The maximum atomic E-state index is 14.3. The van der Waals surface area contributed by atoms with Gasteiger partial charge in [-0.2, -0.15) is 4.98 Å². The lowest BCUT2D eigenvalue weighted by Crippen LogP contribution is -2.44. The van der Waals surface area contributed by atoms with Crippen molar-refractivity contribution in [3.8, 4) is 0 Å². The lowest BCUT2D eigenvalue weighted by molar-refractivity contribution is 0.102. The van der Waals surface area contributed by atoms with Crippen LogP contribution in [0.2, 0.25) is 0 Å². The molecule has 3 N–H and O–H groups in total. The highest BCUT2D eigenvalue weighted by Gasteiger charge is 2.23. The number of benzene rings is 2. The molecule has 9 heteroatoms. The number of likely N-dealkylation sites (N-methyl/N-ethyl adjacent to an activating group) is 1. The summed E-state index contributed by atoms with van der Waals surface area (Å²) in [4.78, 5) is 26.8. The number of hydrogen-bond acceptors (Lipinski definition) is 7. The minimum absolute atomic E-state index is 0.166. The maximum absolute atomic E-state index is 14.3. The molecule has 188 valence electrons. The van der Waals surface area contributed by atoms with Gasteiger partial charge in [-0.15, -0.1) is 0 Å². The summed E-state index contributed by atoms with van der Waals surface area (Å²) in [5.74, 6) is -0.0928. The van der Waals surface area contributed by atoms with E-state index in [-0.39, 0.29) is 17.3 Å². The first-order valence-electron chi connectivity index (χ1n) is 12.5. The molecule has 36 heavy (non-hydrogen) atoms. The molecule has 1 aromatic heterocycles. The van der Waals surface area contributed by atoms with Gasteiger partial charge in [-0.3, -0.25) is 4.79 Å². The number of aryl methyl sites for hydroxylation is 1. The number of piperazine rings is 1. The van der Waals surface area contributed by atoms with Gasteiger partial charge in [0.1, 0.15) is 17.2 Å². The zero-order valence-corrected chi connectivity index (χ0v) is 20.7. The molecular formula is C27H32FN7O. The highest BCUT2D eigenvalue weighted by molar-refractivity contribution is 6.07. The second kappa shape index (κ2) is 10.5.